The molecule has 2 heteroatoms. The average Bonchev–Trinajstić information content (AvgIpc) is 2.21. The Morgan fingerprint density at radius 2 is 1.71 bits per heavy atom. The van der Waals surface area contributed by atoms with Gasteiger partial charge in [0, 0.05) is 5.02 Å². The molecule has 0 aliphatic carbocycles. The van der Waals surface area contributed by atoms with Crippen LogP contribution >= 0.6 is 11.6 Å². The summed E-state index contributed by atoms with van der Waals surface area (Å²) in [4.78, 5) is 0. The maximum Gasteiger partial charge on any atom is 0.0856 e. The van der Waals surface area contributed by atoms with Crippen LogP contribution in [-0.2, 0) is 11.5 Å². The van der Waals surface area contributed by atoms with Gasteiger partial charge in [0.2, 0.25) is 0 Å². The molecule has 0 saturated heterocycles. The summed E-state index contributed by atoms with van der Waals surface area (Å²) >= 11 is 5.77. The van der Waals surface area contributed by atoms with E-state index in [-0.39, 0.29) is 6.61 Å². The summed E-state index contributed by atoms with van der Waals surface area (Å²) in [5, 5.41) is 10.9. The van der Waals surface area contributed by atoms with Crippen molar-refractivity contribution in [3.05, 3.63) is 47.0 Å². The van der Waals surface area contributed by atoms with Gasteiger partial charge in [-0.1, -0.05) is 35.9 Å². The zero-order chi connectivity index (χ0) is 10.2. The van der Waals surface area contributed by atoms with Crippen molar-refractivity contribution in [2.24, 2.45) is 0 Å². The molecule has 1 aromatic carbocycles. The highest BCUT2D eigenvalue weighted by Crippen LogP contribution is 2.11. The maximum atomic E-state index is 10.1. The van der Waals surface area contributed by atoms with Crippen molar-refractivity contribution < 1.29 is 5.11 Å². The Morgan fingerprint density at radius 1 is 1.07 bits per heavy atom. The lowest BCUT2D eigenvalue weighted by atomic mass is 10.1. The summed E-state index contributed by atoms with van der Waals surface area (Å²) in [5.74, 6) is 0. The Balaban J connectivity index is 2.28. The minimum absolute atomic E-state index is 0.0164. The molecule has 0 aliphatic heterocycles. The van der Waals surface area contributed by atoms with Crippen molar-refractivity contribution in [3.63, 3.8) is 0 Å². The minimum atomic E-state index is -0.0164. The first-order chi connectivity index (χ1) is 6.83. The second-order valence-corrected chi connectivity index (χ2v) is 3.57. The fraction of sp³-hybridized carbons (Fsp3) is 0.333. The third-order valence-electron chi connectivity index (χ3n) is 1.96. The van der Waals surface area contributed by atoms with Gasteiger partial charge in [-0.2, -0.15) is 0 Å². The third kappa shape index (κ3) is 4.45. The predicted molar refractivity (Wildman–Crippen MR) is 59.1 cm³/mol. The number of aryl methyl sites for hydroxylation is 1. The molecule has 1 rings (SSSR count). The number of allylic oxidation sites excluding steroid dienone is 1. The molecule has 75 valence electrons. The van der Waals surface area contributed by atoms with Crippen molar-refractivity contribution in [2.45, 2.75) is 19.3 Å². The summed E-state index contributed by atoms with van der Waals surface area (Å²) in [5.41, 5.74) is 1.28. The molecule has 14 heavy (non-hydrogen) atoms. The van der Waals surface area contributed by atoms with Crippen LogP contribution in [0.25, 0.3) is 0 Å². The number of rotatable bonds is 5. The molecule has 0 spiro atoms. The van der Waals surface area contributed by atoms with Crippen LogP contribution in [0.3, 0.4) is 0 Å². The van der Waals surface area contributed by atoms with Crippen LogP contribution in [0.5, 0.6) is 0 Å². The molecule has 0 unspecified atom stereocenters. The van der Waals surface area contributed by atoms with Crippen LogP contribution in [0, 0.1) is 0 Å². The van der Waals surface area contributed by atoms with E-state index in [4.69, 9.17) is 11.6 Å². The molecule has 0 aromatic heterocycles. The van der Waals surface area contributed by atoms with E-state index in [2.05, 4.69) is 6.08 Å². The zero-order valence-electron chi connectivity index (χ0n) is 8.08. The molecule has 0 fully saturated rings. The lowest BCUT2D eigenvalue weighted by Gasteiger charge is -1.97. The van der Waals surface area contributed by atoms with Gasteiger partial charge < -0.3 is 0 Å². The zero-order valence-corrected chi connectivity index (χ0v) is 8.83. The van der Waals surface area contributed by atoms with Gasteiger partial charge in [-0.25, -0.2) is 5.11 Å². The van der Waals surface area contributed by atoms with Gasteiger partial charge in [-0.3, -0.25) is 0 Å². The van der Waals surface area contributed by atoms with Gasteiger partial charge in [-0.05, 0) is 37.0 Å². The van der Waals surface area contributed by atoms with Gasteiger partial charge in [0.05, 0.1) is 6.61 Å². The van der Waals surface area contributed by atoms with E-state index in [0.29, 0.717) is 6.42 Å². The number of hydrogen-bond donors (Lipinski definition) is 0. The first kappa shape index (κ1) is 11.3. The second kappa shape index (κ2) is 6.63. The molecule has 0 aliphatic rings. The highest BCUT2D eigenvalue weighted by Gasteiger charge is 1.90. The summed E-state index contributed by atoms with van der Waals surface area (Å²) in [6, 6.07) is 7.87. The minimum Gasteiger partial charge on any atom is -0.236 e. The Morgan fingerprint density at radius 3 is 2.36 bits per heavy atom. The Labute approximate surface area is 90.0 Å². The van der Waals surface area contributed by atoms with E-state index in [1.165, 1.54) is 5.56 Å². The van der Waals surface area contributed by atoms with Crippen LogP contribution in [-0.4, -0.2) is 6.61 Å². The molecule has 0 bridgehead atoms. The molecular weight excluding hydrogens is 196 g/mol. The van der Waals surface area contributed by atoms with Crippen LogP contribution in [0.1, 0.15) is 18.4 Å². The lowest BCUT2D eigenvalue weighted by Crippen LogP contribution is -1.82. The molecule has 1 radical (unpaired) electrons. The van der Waals surface area contributed by atoms with Gasteiger partial charge >= 0.3 is 0 Å². The van der Waals surface area contributed by atoms with Gasteiger partial charge in [-0.15, -0.1) is 0 Å². The van der Waals surface area contributed by atoms with Gasteiger partial charge in [0.15, 0.2) is 0 Å². The normalized spacial score (nSPS) is 11.0. The average molecular weight is 210 g/mol. The molecular formula is C12H14ClO. The van der Waals surface area contributed by atoms with Gasteiger partial charge in [0.25, 0.3) is 0 Å². The van der Waals surface area contributed by atoms with Gasteiger partial charge in [0.1, 0.15) is 0 Å². The predicted octanol–water partition coefficient (Wildman–Crippen LogP) is 3.65. The third-order valence-corrected chi connectivity index (χ3v) is 2.22. The molecule has 0 amide bonds. The first-order valence-corrected chi connectivity index (χ1v) is 5.18. The Kier molecular flexibility index (Phi) is 5.35. The lowest BCUT2D eigenvalue weighted by molar-refractivity contribution is 0.199. The Bertz CT molecular complexity index is 277. The molecule has 1 nitrogen and oxygen atoms in total. The number of benzene rings is 1. The van der Waals surface area contributed by atoms with Crippen molar-refractivity contribution in [1.29, 1.82) is 0 Å². The topological polar surface area (TPSA) is 19.9 Å². The van der Waals surface area contributed by atoms with Crippen LogP contribution in [0.4, 0.5) is 0 Å². The number of halogens is 1. The monoisotopic (exact) mass is 209 g/mol. The standard InChI is InChI=1S/C12H14ClO/c13-12-8-6-11(7-9-12)5-3-1-2-4-10-14/h1-2,6-9H,3-5,10H2/b2-1+. The van der Waals surface area contributed by atoms with Crippen molar-refractivity contribution >= 4 is 11.6 Å². The Hall–Kier alpha value is -0.790. The summed E-state index contributed by atoms with van der Waals surface area (Å²) < 4.78 is 0. The summed E-state index contributed by atoms with van der Waals surface area (Å²) in [7, 11) is 0. The van der Waals surface area contributed by atoms with E-state index in [1.54, 1.807) is 0 Å². The van der Waals surface area contributed by atoms with Crippen LogP contribution < -0.4 is 0 Å². The van der Waals surface area contributed by atoms with E-state index >= 15 is 0 Å². The maximum absolute atomic E-state index is 10.1. The second-order valence-electron chi connectivity index (χ2n) is 3.13. The smallest absolute Gasteiger partial charge is 0.0856 e. The highest BCUT2D eigenvalue weighted by atomic mass is 35.5. The molecule has 1 aromatic rings. The molecule has 0 atom stereocenters. The fourth-order valence-corrected chi connectivity index (χ4v) is 1.33. The summed E-state index contributed by atoms with van der Waals surface area (Å²) in [6.07, 6.45) is 6.64. The van der Waals surface area contributed by atoms with Crippen molar-refractivity contribution in [2.75, 3.05) is 6.61 Å². The van der Waals surface area contributed by atoms with E-state index in [0.717, 1.165) is 17.9 Å². The number of hydrogen-bond acceptors (Lipinski definition) is 0. The highest BCUT2D eigenvalue weighted by molar-refractivity contribution is 6.30. The largest absolute Gasteiger partial charge is 0.236 e. The van der Waals surface area contributed by atoms with Crippen molar-refractivity contribution in [3.8, 4) is 0 Å². The molecule has 0 heterocycles. The molecule has 0 saturated carbocycles. The summed E-state index contributed by atoms with van der Waals surface area (Å²) in [6.45, 7) is -0.0164. The molecule has 0 N–H and O–H groups in total. The van der Waals surface area contributed by atoms with Crippen LogP contribution in [0.2, 0.25) is 5.02 Å². The van der Waals surface area contributed by atoms with E-state index in [9.17, 15) is 5.11 Å². The SMILES string of the molecule is [O]CC/C=C/CCc1ccc(Cl)cc1. The van der Waals surface area contributed by atoms with Crippen LogP contribution in [0.15, 0.2) is 36.4 Å². The fourth-order valence-electron chi connectivity index (χ4n) is 1.20. The van der Waals surface area contributed by atoms with E-state index < -0.39 is 0 Å². The first-order valence-electron chi connectivity index (χ1n) is 4.80. The van der Waals surface area contributed by atoms with Crippen molar-refractivity contribution in [1.82, 2.24) is 0 Å². The quantitative estimate of drug-likeness (QED) is 0.660. The van der Waals surface area contributed by atoms with E-state index in [1.807, 2.05) is 30.3 Å².